The molecule has 0 aliphatic heterocycles. The van der Waals surface area contributed by atoms with Gasteiger partial charge in [-0.05, 0) is 30.5 Å². The van der Waals surface area contributed by atoms with Crippen molar-refractivity contribution >= 4 is 5.91 Å². The van der Waals surface area contributed by atoms with Gasteiger partial charge < -0.3 is 10.1 Å². The molecule has 4 nitrogen and oxygen atoms in total. The van der Waals surface area contributed by atoms with Crippen LogP contribution in [0.15, 0.2) is 54.6 Å². The van der Waals surface area contributed by atoms with Gasteiger partial charge in [-0.15, -0.1) is 0 Å². The number of nitriles is 1. The van der Waals surface area contributed by atoms with Gasteiger partial charge >= 0.3 is 0 Å². The van der Waals surface area contributed by atoms with Crippen LogP contribution in [0.25, 0.3) is 0 Å². The minimum absolute atomic E-state index is 0.268. The van der Waals surface area contributed by atoms with Crippen molar-refractivity contribution < 1.29 is 9.53 Å². The lowest BCUT2D eigenvalue weighted by Crippen LogP contribution is -2.35. The standard InChI is InChI=1S/C20H22N2O2/c1-20(2,15-21)19(23)22-12-17-9-6-10-18(11-17)14-24-13-16-7-4-3-5-8-16/h3-11H,12-14H2,1-2H3,(H,22,23). The molecule has 0 atom stereocenters. The van der Waals surface area contributed by atoms with Crippen molar-refractivity contribution in [2.24, 2.45) is 5.41 Å². The summed E-state index contributed by atoms with van der Waals surface area (Å²) in [5.41, 5.74) is 2.16. The Morgan fingerprint density at radius 3 is 2.38 bits per heavy atom. The van der Waals surface area contributed by atoms with Crippen molar-refractivity contribution in [3.05, 3.63) is 71.3 Å². The smallest absolute Gasteiger partial charge is 0.240 e. The van der Waals surface area contributed by atoms with Crippen molar-refractivity contribution in [2.75, 3.05) is 0 Å². The zero-order chi connectivity index (χ0) is 17.4. The molecule has 1 N–H and O–H groups in total. The summed E-state index contributed by atoms with van der Waals surface area (Å²) in [7, 11) is 0. The van der Waals surface area contributed by atoms with Crippen LogP contribution in [0.3, 0.4) is 0 Å². The molecule has 2 aromatic carbocycles. The van der Waals surface area contributed by atoms with Crippen LogP contribution in [0, 0.1) is 16.7 Å². The van der Waals surface area contributed by atoms with Crippen LogP contribution in [0.2, 0.25) is 0 Å². The first kappa shape index (κ1) is 17.7. The highest BCUT2D eigenvalue weighted by Gasteiger charge is 2.26. The molecule has 0 aliphatic rings. The van der Waals surface area contributed by atoms with E-state index in [2.05, 4.69) is 5.32 Å². The second kappa shape index (κ2) is 8.28. The molecule has 2 rings (SSSR count). The van der Waals surface area contributed by atoms with Gasteiger partial charge in [0.2, 0.25) is 5.91 Å². The van der Waals surface area contributed by atoms with Gasteiger partial charge in [0.1, 0.15) is 5.41 Å². The summed E-state index contributed by atoms with van der Waals surface area (Å²) in [6.45, 7) is 4.70. The SMILES string of the molecule is CC(C)(C#N)C(=O)NCc1cccc(COCc2ccccc2)c1. The molecule has 2 aromatic rings. The van der Waals surface area contributed by atoms with Crippen molar-refractivity contribution in [1.29, 1.82) is 5.26 Å². The molecule has 0 saturated heterocycles. The Labute approximate surface area is 143 Å². The molecule has 0 saturated carbocycles. The second-order valence-electron chi connectivity index (χ2n) is 6.22. The highest BCUT2D eigenvalue weighted by Crippen LogP contribution is 2.14. The number of hydrogen-bond donors (Lipinski definition) is 1. The Morgan fingerprint density at radius 1 is 1.04 bits per heavy atom. The predicted molar refractivity (Wildman–Crippen MR) is 92.6 cm³/mol. The van der Waals surface area contributed by atoms with E-state index in [1.165, 1.54) is 0 Å². The maximum Gasteiger partial charge on any atom is 0.240 e. The topological polar surface area (TPSA) is 62.1 Å². The van der Waals surface area contributed by atoms with Gasteiger partial charge in [0.25, 0.3) is 0 Å². The number of rotatable bonds is 7. The molecule has 0 radical (unpaired) electrons. The Bertz CT molecular complexity index is 718. The Balaban J connectivity index is 1.85. The Hall–Kier alpha value is -2.64. The molecule has 0 bridgehead atoms. The first-order chi connectivity index (χ1) is 11.5. The molecule has 0 aliphatic carbocycles. The molecule has 24 heavy (non-hydrogen) atoms. The number of nitrogens with one attached hydrogen (secondary N) is 1. The zero-order valence-electron chi connectivity index (χ0n) is 14.1. The van der Waals surface area contributed by atoms with Crippen LogP contribution in [-0.4, -0.2) is 5.91 Å². The van der Waals surface area contributed by atoms with E-state index in [9.17, 15) is 4.79 Å². The number of carbonyl (C=O) groups is 1. The van der Waals surface area contributed by atoms with Crippen molar-refractivity contribution in [2.45, 2.75) is 33.6 Å². The summed E-state index contributed by atoms with van der Waals surface area (Å²) in [4.78, 5) is 11.9. The van der Waals surface area contributed by atoms with Crippen LogP contribution in [0.1, 0.15) is 30.5 Å². The maximum absolute atomic E-state index is 11.9. The van der Waals surface area contributed by atoms with E-state index in [1.54, 1.807) is 13.8 Å². The van der Waals surface area contributed by atoms with Crippen molar-refractivity contribution in [1.82, 2.24) is 5.32 Å². The van der Waals surface area contributed by atoms with E-state index < -0.39 is 5.41 Å². The lowest BCUT2D eigenvalue weighted by molar-refractivity contribution is -0.126. The molecule has 4 heteroatoms. The molecular formula is C20H22N2O2. The minimum atomic E-state index is -1.02. The summed E-state index contributed by atoms with van der Waals surface area (Å²) >= 11 is 0. The molecule has 0 fully saturated rings. The fourth-order valence-electron chi connectivity index (χ4n) is 2.14. The summed E-state index contributed by atoms with van der Waals surface area (Å²) in [6.07, 6.45) is 0. The predicted octanol–water partition coefficient (Wildman–Crippen LogP) is 3.57. The van der Waals surface area contributed by atoms with E-state index >= 15 is 0 Å². The maximum atomic E-state index is 11.9. The molecule has 1 amide bonds. The van der Waals surface area contributed by atoms with E-state index in [1.807, 2.05) is 60.7 Å². The van der Waals surface area contributed by atoms with Crippen molar-refractivity contribution in [3.8, 4) is 6.07 Å². The second-order valence-corrected chi connectivity index (χ2v) is 6.22. The lowest BCUT2D eigenvalue weighted by atomic mass is 9.94. The number of benzene rings is 2. The van der Waals surface area contributed by atoms with E-state index in [-0.39, 0.29) is 5.91 Å². The normalized spacial score (nSPS) is 10.9. The Morgan fingerprint density at radius 2 is 1.67 bits per heavy atom. The first-order valence-electron chi connectivity index (χ1n) is 7.90. The third kappa shape index (κ3) is 5.22. The fraction of sp³-hybridized carbons (Fsp3) is 0.300. The molecule has 0 aromatic heterocycles. The summed E-state index contributed by atoms with van der Waals surface area (Å²) < 4.78 is 5.73. The lowest BCUT2D eigenvalue weighted by Gasteiger charge is -2.15. The van der Waals surface area contributed by atoms with Crippen LogP contribution in [-0.2, 0) is 29.3 Å². The van der Waals surface area contributed by atoms with Crippen LogP contribution in [0.5, 0.6) is 0 Å². The van der Waals surface area contributed by atoms with Gasteiger partial charge in [0, 0.05) is 6.54 Å². The zero-order valence-corrected chi connectivity index (χ0v) is 14.1. The fourth-order valence-corrected chi connectivity index (χ4v) is 2.14. The number of hydrogen-bond acceptors (Lipinski definition) is 3. The summed E-state index contributed by atoms with van der Waals surface area (Å²) in [5.74, 6) is -0.268. The van der Waals surface area contributed by atoms with E-state index in [0.717, 1.165) is 16.7 Å². The first-order valence-corrected chi connectivity index (χ1v) is 7.90. The van der Waals surface area contributed by atoms with Gasteiger partial charge in [-0.3, -0.25) is 4.79 Å². The van der Waals surface area contributed by atoms with Crippen LogP contribution in [0.4, 0.5) is 0 Å². The molecule has 0 spiro atoms. The number of carbonyl (C=O) groups excluding carboxylic acids is 1. The van der Waals surface area contributed by atoms with E-state index in [0.29, 0.717) is 19.8 Å². The van der Waals surface area contributed by atoms with Gasteiger partial charge in [-0.25, -0.2) is 0 Å². The summed E-state index contributed by atoms with van der Waals surface area (Å²) in [6, 6.07) is 19.9. The quantitative estimate of drug-likeness (QED) is 0.847. The Kier molecular flexibility index (Phi) is 6.11. The van der Waals surface area contributed by atoms with Crippen LogP contribution >= 0.6 is 0 Å². The van der Waals surface area contributed by atoms with Crippen molar-refractivity contribution in [3.63, 3.8) is 0 Å². The van der Waals surface area contributed by atoms with Gasteiger partial charge in [-0.2, -0.15) is 5.26 Å². The number of amides is 1. The summed E-state index contributed by atoms with van der Waals surface area (Å²) in [5, 5.41) is 11.8. The monoisotopic (exact) mass is 322 g/mol. The van der Waals surface area contributed by atoms with E-state index in [4.69, 9.17) is 10.00 Å². The number of ether oxygens (including phenoxy) is 1. The molecular weight excluding hydrogens is 300 g/mol. The average Bonchev–Trinajstić information content (AvgIpc) is 2.61. The highest BCUT2D eigenvalue weighted by molar-refractivity contribution is 5.84. The number of nitrogens with zero attached hydrogens (tertiary/aromatic N) is 1. The molecule has 124 valence electrons. The third-order valence-corrected chi connectivity index (χ3v) is 3.67. The van der Waals surface area contributed by atoms with Gasteiger partial charge in [0.05, 0.1) is 19.3 Å². The average molecular weight is 322 g/mol. The molecule has 0 unspecified atom stereocenters. The third-order valence-electron chi connectivity index (χ3n) is 3.67. The van der Waals surface area contributed by atoms with Gasteiger partial charge in [-0.1, -0.05) is 54.6 Å². The van der Waals surface area contributed by atoms with Gasteiger partial charge in [0.15, 0.2) is 0 Å². The minimum Gasteiger partial charge on any atom is -0.372 e. The molecule has 0 heterocycles. The van der Waals surface area contributed by atoms with Crippen LogP contribution < -0.4 is 5.32 Å². The highest BCUT2D eigenvalue weighted by atomic mass is 16.5. The largest absolute Gasteiger partial charge is 0.372 e.